The van der Waals surface area contributed by atoms with E-state index in [4.69, 9.17) is 11.8 Å². The molecule has 1 aromatic rings. The molecule has 6 heteroatoms. The lowest BCUT2D eigenvalue weighted by molar-refractivity contribution is 0.107. The quantitative estimate of drug-likeness (QED) is 0.781. The summed E-state index contributed by atoms with van der Waals surface area (Å²) in [6.07, 6.45) is 0. The molecular weight excluding hydrogens is 226 g/mol. The van der Waals surface area contributed by atoms with Crippen molar-refractivity contribution in [2.24, 2.45) is 0 Å². The van der Waals surface area contributed by atoms with Crippen LogP contribution in [0.1, 0.15) is 15.9 Å². The molecule has 0 aliphatic carbocycles. The van der Waals surface area contributed by atoms with Gasteiger partial charge in [0.1, 0.15) is 0 Å². The normalized spacial score (nSPS) is 11.3. The smallest absolute Gasteiger partial charge is 0.274 e. The maximum atomic E-state index is 11.3. The fraction of sp³-hybridized carbons (Fsp3) is 0.125. The van der Waals surface area contributed by atoms with Gasteiger partial charge in [0.25, 0.3) is 15.1 Å². The van der Waals surface area contributed by atoms with Crippen molar-refractivity contribution in [1.29, 1.82) is 0 Å². The lowest BCUT2D eigenvalue weighted by Crippen LogP contribution is -2.23. The highest BCUT2D eigenvalue weighted by Gasteiger charge is 2.22. The predicted octanol–water partition coefficient (Wildman–Crippen LogP) is 1.21. The minimum absolute atomic E-state index is 0.0868. The van der Waals surface area contributed by atoms with E-state index in [0.29, 0.717) is 0 Å². The first-order valence-corrected chi connectivity index (χ1v) is 5.57. The highest BCUT2D eigenvalue weighted by Crippen LogP contribution is 2.07. The molecule has 1 N–H and O–H groups in total. The fourth-order valence-electron chi connectivity index (χ4n) is 0.880. The average molecular weight is 234 g/mol. The summed E-state index contributed by atoms with van der Waals surface area (Å²) in [6.45, 7) is 1.84. The van der Waals surface area contributed by atoms with E-state index in [9.17, 15) is 13.2 Å². The van der Waals surface area contributed by atoms with Crippen LogP contribution in [0.4, 0.5) is 0 Å². The van der Waals surface area contributed by atoms with E-state index in [-0.39, 0.29) is 5.56 Å². The SMILES string of the molecule is Cc1ccc(C(=O)S(=O)(=O)NCl)cc1. The first-order chi connectivity index (χ1) is 6.47. The van der Waals surface area contributed by atoms with Gasteiger partial charge in [-0.15, -0.1) is 4.24 Å². The van der Waals surface area contributed by atoms with Gasteiger partial charge in [0.2, 0.25) is 0 Å². The molecule has 1 rings (SSSR count). The van der Waals surface area contributed by atoms with Crippen LogP contribution in [0.3, 0.4) is 0 Å². The molecule has 0 aliphatic heterocycles. The topological polar surface area (TPSA) is 63.2 Å². The van der Waals surface area contributed by atoms with Crippen LogP contribution in [0.2, 0.25) is 0 Å². The third-order valence-electron chi connectivity index (χ3n) is 1.63. The summed E-state index contributed by atoms with van der Waals surface area (Å²) in [4.78, 5) is 11.3. The minimum Gasteiger partial charge on any atom is -0.274 e. The largest absolute Gasteiger partial charge is 0.292 e. The number of rotatable bonds is 2. The Morgan fingerprint density at radius 1 is 1.29 bits per heavy atom. The summed E-state index contributed by atoms with van der Waals surface area (Å²) in [7, 11) is -4.09. The van der Waals surface area contributed by atoms with Gasteiger partial charge >= 0.3 is 0 Å². The van der Waals surface area contributed by atoms with Gasteiger partial charge in [0, 0.05) is 5.56 Å². The standard InChI is InChI=1S/C8H8ClNO3S/c1-6-2-4-7(5-3-6)8(11)14(12,13)10-9/h2-5,10H,1H3. The Morgan fingerprint density at radius 2 is 1.79 bits per heavy atom. The minimum atomic E-state index is -4.09. The second kappa shape index (κ2) is 4.08. The van der Waals surface area contributed by atoms with Crippen LogP contribution < -0.4 is 4.24 Å². The van der Waals surface area contributed by atoms with Crippen LogP contribution in [0.25, 0.3) is 0 Å². The number of hydrogen-bond acceptors (Lipinski definition) is 3. The van der Waals surface area contributed by atoms with Crippen molar-refractivity contribution < 1.29 is 13.2 Å². The van der Waals surface area contributed by atoms with Gasteiger partial charge < -0.3 is 0 Å². The van der Waals surface area contributed by atoms with Crippen LogP contribution in [0.5, 0.6) is 0 Å². The van der Waals surface area contributed by atoms with Crippen molar-refractivity contribution in [3.8, 4) is 0 Å². The van der Waals surface area contributed by atoms with Crippen molar-refractivity contribution in [1.82, 2.24) is 4.24 Å². The van der Waals surface area contributed by atoms with Gasteiger partial charge in [-0.1, -0.05) is 17.7 Å². The average Bonchev–Trinajstić information content (AvgIpc) is 2.18. The van der Waals surface area contributed by atoms with Crippen molar-refractivity contribution in [3.05, 3.63) is 35.4 Å². The maximum Gasteiger partial charge on any atom is 0.292 e. The van der Waals surface area contributed by atoms with Crippen molar-refractivity contribution >= 4 is 26.9 Å². The van der Waals surface area contributed by atoms with E-state index in [1.165, 1.54) is 16.4 Å². The fourth-order valence-corrected chi connectivity index (χ4v) is 1.61. The number of halogens is 1. The molecule has 14 heavy (non-hydrogen) atoms. The number of sulfonamides is 1. The third-order valence-corrected chi connectivity index (χ3v) is 3.17. The third kappa shape index (κ3) is 2.31. The van der Waals surface area contributed by atoms with Gasteiger partial charge in [0.05, 0.1) is 0 Å². The molecule has 0 spiro atoms. The molecule has 1 aromatic carbocycles. The number of carbonyl (C=O) groups excluding carboxylic acids is 1. The van der Waals surface area contributed by atoms with Crippen LogP contribution >= 0.6 is 11.8 Å². The molecule has 4 nitrogen and oxygen atoms in total. The van der Waals surface area contributed by atoms with Crippen molar-refractivity contribution in [2.75, 3.05) is 0 Å². The summed E-state index contributed by atoms with van der Waals surface area (Å²) in [5, 5.41) is -1.03. The van der Waals surface area contributed by atoms with Gasteiger partial charge in [-0.2, -0.15) is 0 Å². The van der Waals surface area contributed by atoms with Crippen molar-refractivity contribution in [3.63, 3.8) is 0 Å². The molecule has 0 aliphatic rings. The molecule has 0 saturated heterocycles. The van der Waals surface area contributed by atoms with Gasteiger partial charge in [-0.3, -0.25) is 4.79 Å². The first-order valence-electron chi connectivity index (χ1n) is 3.71. The van der Waals surface area contributed by atoms with Crippen molar-refractivity contribution in [2.45, 2.75) is 6.92 Å². The summed E-state index contributed by atoms with van der Waals surface area (Å²) in [5.41, 5.74) is 1.03. The first kappa shape index (κ1) is 11.2. The number of aryl methyl sites for hydroxylation is 1. The molecule has 0 heterocycles. The summed E-state index contributed by atoms with van der Waals surface area (Å²) < 4.78 is 23.4. The molecule has 0 atom stereocenters. The highest BCUT2D eigenvalue weighted by atomic mass is 35.5. The summed E-state index contributed by atoms with van der Waals surface area (Å²) >= 11 is 4.91. The van der Waals surface area contributed by atoms with Gasteiger partial charge in [-0.25, -0.2) is 8.42 Å². The molecular formula is C8H8ClNO3S. The van der Waals surface area contributed by atoms with Crippen LogP contribution in [-0.2, 0) is 10.0 Å². The Hall–Kier alpha value is -0.910. The molecule has 76 valence electrons. The molecule has 0 radical (unpaired) electrons. The number of hydrogen-bond donors (Lipinski definition) is 1. The van der Waals surface area contributed by atoms with E-state index in [2.05, 4.69) is 0 Å². The predicted molar refractivity (Wildman–Crippen MR) is 53.4 cm³/mol. The van der Waals surface area contributed by atoms with Gasteiger partial charge in [-0.05, 0) is 30.8 Å². The molecule has 0 aromatic heterocycles. The molecule has 0 bridgehead atoms. The Morgan fingerprint density at radius 3 is 2.21 bits per heavy atom. The van der Waals surface area contributed by atoms with Crippen LogP contribution in [-0.4, -0.2) is 13.5 Å². The lowest BCUT2D eigenvalue weighted by atomic mass is 10.2. The number of carbonyl (C=O) groups is 1. The van der Waals surface area contributed by atoms with Crippen LogP contribution in [0.15, 0.2) is 24.3 Å². The Kier molecular flexibility index (Phi) is 3.25. The number of nitrogens with one attached hydrogen (secondary N) is 1. The summed E-state index contributed by atoms with van der Waals surface area (Å²) in [6, 6.07) is 6.17. The van der Waals surface area contributed by atoms with E-state index in [1.54, 1.807) is 12.1 Å². The zero-order valence-electron chi connectivity index (χ0n) is 7.32. The Balaban J connectivity index is 3.08. The number of benzene rings is 1. The molecule has 0 amide bonds. The highest BCUT2D eigenvalue weighted by molar-refractivity contribution is 8.05. The van der Waals surface area contributed by atoms with Gasteiger partial charge in [0.15, 0.2) is 0 Å². The second-order valence-corrected chi connectivity index (χ2v) is 4.73. The lowest BCUT2D eigenvalue weighted by Gasteiger charge is -2.00. The molecule has 0 saturated carbocycles. The second-order valence-electron chi connectivity index (χ2n) is 2.73. The van der Waals surface area contributed by atoms with Crippen LogP contribution in [0, 0.1) is 6.92 Å². The Labute approximate surface area is 87.0 Å². The maximum absolute atomic E-state index is 11.3. The zero-order valence-corrected chi connectivity index (χ0v) is 8.89. The molecule has 0 fully saturated rings. The van der Waals surface area contributed by atoms with E-state index < -0.39 is 15.1 Å². The Bertz CT molecular complexity index is 438. The molecule has 0 unspecified atom stereocenters. The summed E-state index contributed by atoms with van der Waals surface area (Å²) in [5.74, 6) is 0. The van der Waals surface area contributed by atoms with E-state index >= 15 is 0 Å². The zero-order chi connectivity index (χ0) is 10.8. The van der Waals surface area contributed by atoms with E-state index in [0.717, 1.165) is 5.56 Å². The monoisotopic (exact) mass is 233 g/mol. The van der Waals surface area contributed by atoms with E-state index in [1.807, 2.05) is 6.92 Å².